The van der Waals surface area contributed by atoms with Crippen LogP contribution in [-0.2, 0) is 11.3 Å². The molecule has 1 N–H and O–H groups in total. The Kier molecular flexibility index (Phi) is 7.37. The van der Waals surface area contributed by atoms with E-state index in [9.17, 15) is 19.5 Å². The summed E-state index contributed by atoms with van der Waals surface area (Å²) in [6.07, 6.45) is 4.82. The Morgan fingerprint density at radius 1 is 0.780 bits per heavy atom. The number of rotatable bonds is 5. The molecule has 0 radical (unpaired) electrons. The fraction of sp³-hybridized carbons (Fsp3) is 0.273. The van der Waals surface area contributed by atoms with E-state index in [2.05, 4.69) is 34.1 Å². The van der Waals surface area contributed by atoms with Crippen molar-refractivity contribution in [1.82, 2.24) is 14.1 Å². The first-order valence-corrected chi connectivity index (χ1v) is 14.1. The Morgan fingerprint density at radius 2 is 1.41 bits per heavy atom. The van der Waals surface area contributed by atoms with Crippen LogP contribution in [0.3, 0.4) is 0 Å². The van der Waals surface area contributed by atoms with Crippen molar-refractivity contribution in [2.75, 3.05) is 4.90 Å². The zero-order valence-corrected chi connectivity index (χ0v) is 22.7. The number of para-hydroxylation sites is 2. The molecule has 8 heteroatoms. The Bertz CT molecular complexity index is 1740. The summed E-state index contributed by atoms with van der Waals surface area (Å²) in [4.78, 5) is 45.7. The van der Waals surface area contributed by atoms with Crippen LogP contribution in [0.2, 0.25) is 0 Å². The summed E-state index contributed by atoms with van der Waals surface area (Å²) in [5.41, 5.74) is 2.08. The molecule has 4 aromatic rings. The van der Waals surface area contributed by atoms with Crippen LogP contribution in [0.15, 0.2) is 107 Å². The number of benzene rings is 1. The summed E-state index contributed by atoms with van der Waals surface area (Å²) in [5.74, 6) is -1.16. The number of hydrogen-bond donors (Lipinski definition) is 1. The first-order chi connectivity index (χ1) is 20.0. The van der Waals surface area contributed by atoms with Crippen LogP contribution in [0, 0.1) is 0 Å². The number of nitrogens with zero attached hydrogens (tertiary/aromatic N) is 4. The molecule has 2 saturated heterocycles. The second-order valence-corrected chi connectivity index (χ2v) is 10.7. The minimum absolute atomic E-state index is 0.0634. The Morgan fingerprint density at radius 3 is 2.10 bits per heavy atom. The van der Waals surface area contributed by atoms with Gasteiger partial charge in [0.25, 0.3) is 11.1 Å². The molecule has 2 aliphatic rings. The van der Waals surface area contributed by atoms with Crippen LogP contribution >= 0.6 is 0 Å². The van der Waals surface area contributed by atoms with E-state index in [0.717, 1.165) is 42.2 Å². The van der Waals surface area contributed by atoms with Gasteiger partial charge in [-0.25, -0.2) is 4.98 Å². The second-order valence-electron chi connectivity index (χ2n) is 10.7. The quantitative estimate of drug-likeness (QED) is 0.368. The van der Waals surface area contributed by atoms with Crippen LogP contribution in [-0.4, -0.2) is 37.3 Å². The molecule has 2 fully saturated rings. The Hall–Kier alpha value is -4.72. The summed E-state index contributed by atoms with van der Waals surface area (Å²) < 4.78 is 2.96. The smallest absolute Gasteiger partial charge is 0.323 e. The van der Waals surface area contributed by atoms with Gasteiger partial charge in [0.15, 0.2) is 5.69 Å². The minimum Gasteiger partial charge on any atom is -0.480 e. The first kappa shape index (κ1) is 26.5. The van der Waals surface area contributed by atoms with Crippen molar-refractivity contribution < 1.29 is 9.90 Å². The highest BCUT2D eigenvalue weighted by atomic mass is 16.4. The second kappa shape index (κ2) is 11.4. The van der Waals surface area contributed by atoms with Gasteiger partial charge < -0.3 is 14.6 Å². The van der Waals surface area contributed by atoms with Crippen molar-refractivity contribution in [3.05, 3.63) is 118 Å². The maximum absolute atomic E-state index is 14.3. The van der Waals surface area contributed by atoms with Crippen molar-refractivity contribution in [2.24, 2.45) is 0 Å². The molecule has 41 heavy (non-hydrogen) atoms. The van der Waals surface area contributed by atoms with Gasteiger partial charge >= 0.3 is 5.97 Å². The monoisotopic (exact) mass is 548 g/mol. The number of anilines is 1. The van der Waals surface area contributed by atoms with Gasteiger partial charge in [-0.3, -0.25) is 19.0 Å². The molecule has 6 rings (SSSR count). The van der Waals surface area contributed by atoms with Gasteiger partial charge in [-0.2, -0.15) is 0 Å². The molecule has 4 heterocycles. The molecule has 0 saturated carbocycles. The van der Waals surface area contributed by atoms with Gasteiger partial charge in [-0.15, -0.1) is 0 Å². The Balaban J connectivity index is 1.46. The highest BCUT2D eigenvalue weighted by molar-refractivity contribution is 5.78. The van der Waals surface area contributed by atoms with Gasteiger partial charge in [0.1, 0.15) is 6.54 Å². The van der Waals surface area contributed by atoms with Gasteiger partial charge in [-0.05, 0) is 62.4 Å². The fourth-order valence-electron chi connectivity index (χ4n) is 6.55. The van der Waals surface area contributed by atoms with E-state index in [0.29, 0.717) is 5.52 Å². The van der Waals surface area contributed by atoms with Crippen molar-refractivity contribution in [3.63, 3.8) is 0 Å². The highest BCUT2D eigenvalue weighted by Crippen LogP contribution is 2.42. The maximum atomic E-state index is 14.3. The van der Waals surface area contributed by atoms with Crippen LogP contribution < -0.4 is 16.0 Å². The summed E-state index contributed by atoms with van der Waals surface area (Å²) >= 11 is 0. The summed E-state index contributed by atoms with van der Waals surface area (Å²) in [6.45, 7) is -0.548. The number of pyridine rings is 1. The fourth-order valence-corrected chi connectivity index (χ4v) is 6.55. The van der Waals surface area contributed by atoms with Crippen molar-refractivity contribution >= 4 is 22.7 Å². The largest absolute Gasteiger partial charge is 0.480 e. The Labute approximate surface area is 237 Å². The highest BCUT2D eigenvalue weighted by Gasteiger charge is 2.40. The number of hydrogen-bond acceptors (Lipinski definition) is 5. The standard InChI is InChI=1S/C33H32N4O4/c38-30-19-11-18-29(35(30)22-31(39)40)32-33(41)37(28-17-9-8-16-27(28)34-32)26-20-24-14-10-15-25(21-26)36(24)23-12-6-4-2-1-3-5-7-13-23/h1-9,11-13,16-19,24-26H,10,14-15,20-22H2,(H,39,40)/t24-,25+,26?. The van der Waals surface area contributed by atoms with E-state index in [1.54, 1.807) is 12.1 Å². The van der Waals surface area contributed by atoms with E-state index in [1.807, 2.05) is 59.2 Å². The summed E-state index contributed by atoms with van der Waals surface area (Å²) in [7, 11) is 0. The van der Waals surface area contributed by atoms with E-state index in [-0.39, 0.29) is 35.1 Å². The van der Waals surface area contributed by atoms with Crippen LogP contribution in [0.25, 0.3) is 22.4 Å². The number of aromatic nitrogens is 3. The molecular formula is C33H32N4O4. The number of carbonyl (C=O) groups is 1. The molecule has 2 aliphatic heterocycles. The summed E-state index contributed by atoms with van der Waals surface area (Å²) in [6, 6.07) is 31.0. The molecule has 0 amide bonds. The third-order valence-corrected chi connectivity index (χ3v) is 8.19. The van der Waals surface area contributed by atoms with E-state index in [1.165, 1.54) is 11.8 Å². The van der Waals surface area contributed by atoms with Gasteiger partial charge in [-0.1, -0.05) is 60.7 Å². The molecule has 0 spiro atoms. The zero-order valence-electron chi connectivity index (χ0n) is 22.7. The molecule has 2 bridgehead atoms. The number of aliphatic carboxylic acids is 1. The molecule has 0 aliphatic carbocycles. The molecule has 2 aromatic heterocycles. The lowest BCUT2D eigenvalue weighted by Gasteiger charge is -2.50. The SMILES string of the molecule is O=C(O)Cn1c(-c2nc3ccccc3n(C3C[C@H]4CCC[C@@H](C3)N4c3ccccccccc3)c2=O)cccc1=O. The van der Waals surface area contributed by atoms with Crippen LogP contribution in [0.1, 0.15) is 38.1 Å². The molecule has 208 valence electrons. The molecule has 3 atom stereocenters. The minimum atomic E-state index is -1.16. The zero-order chi connectivity index (χ0) is 28.3. The maximum Gasteiger partial charge on any atom is 0.323 e. The number of carboxylic acids is 1. The predicted octanol–water partition coefficient (Wildman–Crippen LogP) is 5.20. The van der Waals surface area contributed by atoms with E-state index < -0.39 is 18.1 Å². The molecular weight excluding hydrogens is 516 g/mol. The third kappa shape index (κ3) is 5.25. The van der Waals surface area contributed by atoms with Crippen LogP contribution in [0.5, 0.6) is 0 Å². The predicted molar refractivity (Wildman–Crippen MR) is 160 cm³/mol. The lowest BCUT2D eigenvalue weighted by Crippen LogP contribution is -2.53. The summed E-state index contributed by atoms with van der Waals surface area (Å²) in [5, 5.41) is 9.46. The van der Waals surface area contributed by atoms with E-state index >= 15 is 0 Å². The first-order valence-electron chi connectivity index (χ1n) is 14.1. The van der Waals surface area contributed by atoms with Gasteiger partial charge in [0, 0.05) is 29.9 Å². The topological polar surface area (TPSA) is 97.4 Å². The van der Waals surface area contributed by atoms with Crippen molar-refractivity contribution in [3.8, 4) is 11.4 Å². The normalized spacial score (nSPS) is 19.9. The van der Waals surface area contributed by atoms with Crippen molar-refractivity contribution in [1.29, 1.82) is 0 Å². The lowest BCUT2D eigenvalue weighted by molar-refractivity contribution is -0.137. The number of fused-ring (bicyclic) bond motifs is 3. The number of carboxylic acid groups (broad SMARTS) is 1. The van der Waals surface area contributed by atoms with Crippen LogP contribution in [0.4, 0.5) is 5.69 Å². The van der Waals surface area contributed by atoms with Crippen molar-refractivity contribution in [2.45, 2.75) is 56.8 Å². The van der Waals surface area contributed by atoms with E-state index in [4.69, 9.17) is 0 Å². The molecule has 2 aromatic carbocycles. The molecule has 1 unspecified atom stereocenters. The third-order valence-electron chi connectivity index (χ3n) is 8.19. The average molecular weight is 549 g/mol. The average Bonchev–Trinajstić information content (AvgIpc) is 2.96. The van der Waals surface area contributed by atoms with Gasteiger partial charge in [0.2, 0.25) is 0 Å². The number of piperidine rings is 2. The molecule has 8 nitrogen and oxygen atoms in total. The van der Waals surface area contributed by atoms with Gasteiger partial charge in [0.05, 0.1) is 16.7 Å². The lowest BCUT2D eigenvalue weighted by atomic mass is 9.81.